The lowest BCUT2D eigenvalue weighted by Crippen LogP contribution is -2.58. The van der Waals surface area contributed by atoms with Gasteiger partial charge in [0.05, 0.1) is 23.4 Å². The van der Waals surface area contributed by atoms with Crippen LogP contribution >= 0.6 is 0 Å². The Kier molecular flexibility index (Phi) is 23.7. The van der Waals surface area contributed by atoms with Gasteiger partial charge in [-0.1, -0.05) is 155 Å². The Hall–Kier alpha value is -3.86. The second-order valence-corrected chi connectivity index (χ2v) is 17.8. The zero-order valence-corrected chi connectivity index (χ0v) is 39.7. The van der Waals surface area contributed by atoms with E-state index < -0.39 is 84.8 Å². The number of hydrogen-bond acceptors (Lipinski definition) is 12. The van der Waals surface area contributed by atoms with Gasteiger partial charge >= 0.3 is 0 Å². The molecule has 2 aliphatic rings. The molecule has 0 aromatic carbocycles. The van der Waals surface area contributed by atoms with E-state index in [-0.39, 0.29) is 0 Å². The molecule has 2 rings (SSSR count). The van der Waals surface area contributed by atoms with E-state index in [9.17, 15) is 40.9 Å². The first-order valence-electron chi connectivity index (χ1n) is 21.7. The van der Waals surface area contributed by atoms with Gasteiger partial charge in [-0.3, -0.25) is 0 Å². The molecule has 0 spiro atoms. The highest BCUT2D eigenvalue weighted by molar-refractivity contribution is 5.34. The van der Waals surface area contributed by atoms with E-state index in [4.69, 9.17) is 18.9 Å². The van der Waals surface area contributed by atoms with Gasteiger partial charge in [0, 0.05) is 0 Å². The number of allylic oxidation sites excluding steroid dienone is 24. The Balaban J connectivity index is 1.89. The molecule has 0 aromatic heterocycles. The minimum Gasteiger partial charge on any atom is -0.388 e. The maximum atomic E-state index is 10.7. The Morgan fingerprint density at radius 1 is 0.406 bits per heavy atom. The standard InChI is InChI=1S/C52H76O12/c1-33(21-15-23-35(3)25-17-27-37(5)29-31-41(51(9,10)59)63-49-47(57)45(55)43(53)39(7)61-49)19-13-14-20-34(2)22-16-24-36(4)26-18-28-38(6)30-32-42(52(11,12)60)64-50-48(58)46(56)44(54)40(8)62-50/h13-32,39-50,53-60H,1-12H3/b14-13+,21-15+,22-16+,25-17+,26-18+,31-29-,32-30+,33-19+,34-20+,35-23+,36-24+,37-27+,38-28+/t39-,40-,41-,42-,43+,44+,45+,46+,47-,48-,49-,50-/m0/s1. The van der Waals surface area contributed by atoms with Gasteiger partial charge in [0.15, 0.2) is 12.6 Å². The highest BCUT2D eigenvalue weighted by atomic mass is 16.7. The van der Waals surface area contributed by atoms with Crippen LogP contribution in [-0.4, -0.2) is 126 Å². The average Bonchev–Trinajstić information content (AvgIpc) is 3.20. The van der Waals surface area contributed by atoms with Crippen molar-refractivity contribution in [1.82, 2.24) is 0 Å². The minimum atomic E-state index is -1.47. The van der Waals surface area contributed by atoms with Gasteiger partial charge in [0.2, 0.25) is 0 Å². The third kappa shape index (κ3) is 20.1. The number of aliphatic hydroxyl groups excluding tert-OH is 6. The van der Waals surface area contributed by atoms with Gasteiger partial charge in [0.25, 0.3) is 0 Å². The zero-order chi connectivity index (χ0) is 48.4. The first-order valence-corrected chi connectivity index (χ1v) is 21.7. The monoisotopic (exact) mass is 893 g/mol. The van der Waals surface area contributed by atoms with Gasteiger partial charge in [-0.15, -0.1) is 0 Å². The fourth-order valence-corrected chi connectivity index (χ4v) is 6.07. The van der Waals surface area contributed by atoms with Crippen molar-refractivity contribution < 1.29 is 59.8 Å². The van der Waals surface area contributed by atoms with Crippen molar-refractivity contribution >= 4 is 0 Å². The molecule has 0 bridgehead atoms. The van der Waals surface area contributed by atoms with Crippen LogP contribution in [0.2, 0.25) is 0 Å². The van der Waals surface area contributed by atoms with Gasteiger partial charge in [0.1, 0.15) is 48.8 Å². The lowest BCUT2D eigenvalue weighted by Gasteiger charge is -2.41. The second kappa shape index (κ2) is 26.9. The molecule has 12 nitrogen and oxygen atoms in total. The van der Waals surface area contributed by atoms with E-state index in [2.05, 4.69) is 0 Å². The normalized spacial score (nSPS) is 30.5. The van der Waals surface area contributed by atoms with E-state index in [1.54, 1.807) is 65.8 Å². The van der Waals surface area contributed by atoms with Crippen LogP contribution in [0.1, 0.15) is 83.1 Å². The smallest absolute Gasteiger partial charge is 0.187 e. The first-order chi connectivity index (χ1) is 29.8. The quantitative estimate of drug-likeness (QED) is 0.0617. The summed E-state index contributed by atoms with van der Waals surface area (Å²) in [7, 11) is 0. The summed E-state index contributed by atoms with van der Waals surface area (Å²) in [5.74, 6) is 0. The molecule has 0 aliphatic carbocycles. The molecule has 0 unspecified atom stereocenters. The lowest BCUT2D eigenvalue weighted by molar-refractivity contribution is -0.309. The summed E-state index contributed by atoms with van der Waals surface area (Å²) in [6.45, 7) is 21.3. The summed E-state index contributed by atoms with van der Waals surface area (Å²) >= 11 is 0. The molecule has 12 atom stereocenters. The molecule has 2 fully saturated rings. The van der Waals surface area contributed by atoms with Crippen LogP contribution in [-0.2, 0) is 18.9 Å². The molecular weight excluding hydrogens is 817 g/mol. The summed E-state index contributed by atoms with van der Waals surface area (Å²) < 4.78 is 22.8. The van der Waals surface area contributed by atoms with Gasteiger partial charge in [-0.05, 0) is 83.1 Å². The number of ether oxygens (including phenoxy) is 4. The molecule has 8 N–H and O–H groups in total. The van der Waals surface area contributed by atoms with Crippen LogP contribution in [0.25, 0.3) is 0 Å². The fraction of sp³-hybridized carbons (Fsp3) is 0.500. The maximum absolute atomic E-state index is 10.7. The van der Waals surface area contributed by atoms with Crippen molar-refractivity contribution in [3.63, 3.8) is 0 Å². The Morgan fingerprint density at radius 3 is 0.922 bits per heavy atom. The van der Waals surface area contributed by atoms with E-state index in [0.717, 1.165) is 33.4 Å². The van der Waals surface area contributed by atoms with Crippen molar-refractivity contribution in [3.8, 4) is 0 Å². The van der Waals surface area contributed by atoms with Crippen LogP contribution in [0.5, 0.6) is 0 Å². The number of rotatable bonds is 20. The van der Waals surface area contributed by atoms with Crippen LogP contribution in [0.15, 0.2) is 155 Å². The molecule has 0 amide bonds. The van der Waals surface area contributed by atoms with Crippen molar-refractivity contribution in [2.75, 3.05) is 0 Å². The fourth-order valence-electron chi connectivity index (χ4n) is 6.07. The molecular formula is C52H76O12. The largest absolute Gasteiger partial charge is 0.388 e. The highest BCUT2D eigenvalue weighted by Gasteiger charge is 2.45. The predicted molar refractivity (Wildman–Crippen MR) is 254 cm³/mol. The lowest BCUT2D eigenvalue weighted by atomic mass is 9.98. The Labute approximate surface area is 381 Å². The van der Waals surface area contributed by atoms with Gasteiger partial charge in [-0.2, -0.15) is 0 Å². The summed E-state index contributed by atoms with van der Waals surface area (Å²) in [4.78, 5) is 0. The zero-order valence-electron chi connectivity index (χ0n) is 39.7. The second-order valence-electron chi connectivity index (χ2n) is 17.8. The van der Waals surface area contributed by atoms with E-state index in [1.165, 1.54) is 0 Å². The highest BCUT2D eigenvalue weighted by Crippen LogP contribution is 2.28. The molecule has 2 aliphatic heterocycles. The molecule has 0 aromatic rings. The number of hydrogen-bond donors (Lipinski definition) is 8. The molecule has 356 valence electrons. The molecule has 12 heteroatoms. The average molecular weight is 893 g/mol. The molecule has 2 heterocycles. The van der Waals surface area contributed by atoms with E-state index >= 15 is 0 Å². The third-order valence-corrected chi connectivity index (χ3v) is 10.3. The summed E-state index contributed by atoms with van der Waals surface area (Å²) in [6, 6.07) is 0. The van der Waals surface area contributed by atoms with Crippen LogP contribution in [0, 0.1) is 0 Å². The summed E-state index contributed by atoms with van der Waals surface area (Å²) in [5.41, 5.74) is 3.42. The van der Waals surface area contributed by atoms with Crippen LogP contribution in [0.4, 0.5) is 0 Å². The van der Waals surface area contributed by atoms with Crippen molar-refractivity contribution in [2.45, 2.75) is 168 Å². The van der Waals surface area contributed by atoms with Gasteiger partial charge < -0.3 is 59.8 Å². The van der Waals surface area contributed by atoms with E-state index in [0.29, 0.717) is 0 Å². The topological polar surface area (TPSA) is 199 Å². The Bertz CT molecular complexity index is 1740. The Morgan fingerprint density at radius 2 is 0.656 bits per heavy atom. The summed E-state index contributed by atoms with van der Waals surface area (Å²) in [6.07, 6.45) is 24.7. The molecule has 0 saturated carbocycles. The maximum Gasteiger partial charge on any atom is 0.187 e. The van der Waals surface area contributed by atoms with Gasteiger partial charge in [-0.25, -0.2) is 0 Å². The van der Waals surface area contributed by atoms with Crippen molar-refractivity contribution in [1.29, 1.82) is 0 Å². The first kappa shape index (κ1) is 56.3. The number of aliphatic hydroxyl groups is 8. The SMILES string of the molecule is CC(/C=C\[C@H](O[C@@H]1O[C@@H](C)[C@@H](O)[C@@H](O)[C@@H]1O)C(C)(C)O)=C\C=C\C(C)=C\C=C\C(C)=C\C=C\C=C(C)\C=C\C=C(C)\C=C\C=C(C)\C=C\[C@H](O[C@@H]1O[C@@H](C)[C@@H](O)[C@@H](O)[C@@H]1O)C(C)(C)O. The van der Waals surface area contributed by atoms with Crippen LogP contribution in [0.3, 0.4) is 0 Å². The van der Waals surface area contributed by atoms with Crippen molar-refractivity contribution in [2.24, 2.45) is 0 Å². The summed E-state index contributed by atoms with van der Waals surface area (Å²) in [5, 5.41) is 82.2. The van der Waals surface area contributed by atoms with E-state index in [1.807, 2.05) is 139 Å². The van der Waals surface area contributed by atoms with Crippen molar-refractivity contribution in [3.05, 3.63) is 155 Å². The predicted octanol–water partition coefficient (Wildman–Crippen LogP) is 6.52. The molecule has 64 heavy (non-hydrogen) atoms. The minimum absolute atomic E-state index is 0.754. The molecule has 0 radical (unpaired) electrons. The third-order valence-electron chi connectivity index (χ3n) is 10.3. The molecule has 2 saturated heterocycles. The van der Waals surface area contributed by atoms with Crippen LogP contribution < -0.4 is 0 Å².